The molecule has 0 atom stereocenters. The molecule has 0 bridgehead atoms. The highest BCUT2D eigenvalue weighted by Gasteiger charge is 2.21. The molecule has 0 unspecified atom stereocenters. The number of aromatic nitrogens is 2. The SMILES string of the molecule is CCN(CC)C(=O)Cn1c(=O)c2ccccc2n2c(=S)sc(-c3ccc(C)cc3)c12. The third kappa shape index (κ3) is 3.38. The van der Waals surface area contributed by atoms with Crippen molar-refractivity contribution in [2.45, 2.75) is 27.3 Å². The highest BCUT2D eigenvalue weighted by atomic mass is 32.1. The van der Waals surface area contributed by atoms with Gasteiger partial charge in [-0.25, -0.2) is 0 Å². The molecule has 0 N–H and O–H groups in total. The smallest absolute Gasteiger partial charge is 0.262 e. The lowest BCUT2D eigenvalue weighted by Gasteiger charge is -2.20. The van der Waals surface area contributed by atoms with Gasteiger partial charge in [-0.3, -0.25) is 18.6 Å². The number of rotatable bonds is 5. The standard InChI is InChI=1S/C23H23N3O2S2/c1-4-24(5-2)19(27)14-25-21-20(16-12-10-15(3)11-13-16)30-23(29)26(21)18-9-7-6-8-17(18)22(25)28/h6-13H,4-5,14H2,1-3H3. The summed E-state index contributed by atoms with van der Waals surface area (Å²) in [4.78, 5) is 29.1. The van der Waals surface area contributed by atoms with Crippen LogP contribution in [0.15, 0.2) is 53.3 Å². The Bertz CT molecular complexity index is 1360. The Kier molecular flexibility index (Phi) is 5.58. The van der Waals surface area contributed by atoms with Crippen molar-refractivity contribution in [3.63, 3.8) is 0 Å². The number of carbonyl (C=O) groups is 1. The third-order valence-corrected chi connectivity index (χ3v) is 6.80. The molecule has 2 aromatic carbocycles. The molecule has 5 nitrogen and oxygen atoms in total. The molecule has 7 heteroatoms. The first-order valence-electron chi connectivity index (χ1n) is 9.98. The molecule has 0 spiro atoms. The lowest BCUT2D eigenvalue weighted by Crippen LogP contribution is -2.37. The maximum absolute atomic E-state index is 13.5. The number of carbonyl (C=O) groups excluding carboxylic acids is 1. The summed E-state index contributed by atoms with van der Waals surface area (Å²) < 4.78 is 4.17. The van der Waals surface area contributed by atoms with E-state index in [0.29, 0.717) is 28.1 Å². The van der Waals surface area contributed by atoms with Crippen molar-refractivity contribution >= 4 is 46.0 Å². The van der Waals surface area contributed by atoms with Crippen LogP contribution >= 0.6 is 23.6 Å². The third-order valence-electron chi connectivity index (χ3n) is 5.39. The minimum absolute atomic E-state index is 0.0147. The van der Waals surface area contributed by atoms with E-state index in [0.717, 1.165) is 21.5 Å². The minimum atomic E-state index is -0.174. The van der Waals surface area contributed by atoms with E-state index in [1.54, 1.807) is 15.5 Å². The first-order chi connectivity index (χ1) is 14.5. The van der Waals surface area contributed by atoms with Gasteiger partial charge in [0.2, 0.25) is 5.91 Å². The maximum atomic E-state index is 13.5. The van der Waals surface area contributed by atoms with Crippen molar-refractivity contribution < 1.29 is 4.79 Å². The predicted molar refractivity (Wildman–Crippen MR) is 126 cm³/mol. The summed E-state index contributed by atoms with van der Waals surface area (Å²) in [6.07, 6.45) is 0. The zero-order chi connectivity index (χ0) is 21.4. The second-order valence-corrected chi connectivity index (χ2v) is 8.84. The number of likely N-dealkylation sites (N-methyl/N-ethyl adjacent to an activating group) is 1. The average Bonchev–Trinajstić information content (AvgIpc) is 3.09. The molecular formula is C23H23N3O2S2. The molecule has 2 aromatic heterocycles. The molecule has 0 saturated carbocycles. The molecule has 2 heterocycles. The fourth-order valence-corrected chi connectivity index (χ4v) is 5.20. The Balaban J connectivity index is 2.08. The first kappa shape index (κ1) is 20.5. The van der Waals surface area contributed by atoms with Crippen molar-refractivity contribution in [3.05, 3.63) is 68.4 Å². The van der Waals surface area contributed by atoms with Crippen molar-refractivity contribution in [3.8, 4) is 10.4 Å². The number of benzene rings is 2. The topological polar surface area (TPSA) is 46.7 Å². The van der Waals surface area contributed by atoms with Gasteiger partial charge in [0.1, 0.15) is 12.2 Å². The second-order valence-electron chi connectivity index (χ2n) is 7.20. The van der Waals surface area contributed by atoms with E-state index < -0.39 is 0 Å². The highest BCUT2D eigenvalue weighted by Crippen LogP contribution is 2.33. The molecule has 1 amide bonds. The lowest BCUT2D eigenvalue weighted by atomic mass is 10.1. The van der Waals surface area contributed by atoms with Crippen LogP contribution in [-0.2, 0) is 11.3 Å². The number of para-hydroxylation sites is 1. The maximum Gasteiger partial charge on any atom is 0.262 e. The Labute approximate surface area is 183 Å². The summed E-state index contributed by atoms with van der Waals surface area (Å²) >= 11 is 7.18. The first-order valence-corrected chi connectivity index (χ1v) is 11.2. The van der Waals surface area contributed by atoms with Gasteiger partial charge in [0.15, 0.2) is 3.95 Å². The van der Waals surface area contributed by atoms with Crippen LogP contribution in [0, 0.1) is 10.9 Å². The molecule has 0 aliphatic rings. The van der Waals surface area contributed by atoms with Crippen LogP contribution in [0.25, 0.3) is 27.0 Å². The summed E-state index contributed by atoms with van der Waals surface area (Å²) in [6.45, 7) is 7.12. The monoisotopic (exact) mass is 437 g/mol. The van der Waals surface area contributed by atoms with Crippen LogP contribution in [0.4, 0.5) is 0 Å². The van der Waals surface area contributed by atoms with Gasteiger partial charge in [-0.1, -0.05) is 42.0 Å². The van der Waals surface area contributed by atoms with Crippen LogP contribution in [0.5, 0.6) is 0 Å². The molecule has 4 aromatic rings. The molecular weight excluding hydrogens is 414 g/mol. The van der Waals surface area contributed by atoms with Gasteiger partial charge in [0.05, 0.1) is 15.8 Å². The fourth-order valence-electron chi connectivity index (χ4n) is 3.76. The van der Waals surface area contributed by atoms with E-state index >= 15 is 0 Å². The van der Waals surface area contributed by atoms with E-state index in [1.807, 2.05) is 67.6 Å². The molecule has 0 fully saturated rings. The Hall–Kier alpha value is -2.77. The van der Waals surface area contributed by atoms with E-state index in [-0.39, 0.29) is 18.0 Å². The zero-order valence-electron chi connectivity index (χ0n) is 17.2. The lowest BCUT2D eigenvalue weighted by molar-refractivity contribution is -0.131. The van der Waals surface area contributed by atoms with Crippen molar-refractivity contribution in [1.29, 1.82) is 0 Å². The van der Waals surface area contributed by atoms with Gasteiger partial charge in [0.25, 0.3) is 5.56 Å². The normalized spacial score (nSPS) is 11.3. The van der Waals surface area contributed by atoms with E-state index in [9.17, 15) is 9.59 Å². The average molecular weight is 438 g/mol. The Morgan fingerprint density at radius 3 is 2.40 bits per heavy atom. The molecule has 0 radical (unpaired) electrons. The van der Waals surface area contributed by atoms with Gasteiger partial charge in [-0.15, -0.1) is 11.3 Å². The number of nitrogens with zero attached hydrogens (tertiary/aromatic N) is 3. The molecule has 154 valence electrons. The summed E-state index contributed by atoms with van der Waals surface area (Å²) in [7, 11) is 0. The fraction of sp³-hybridized carbons (Fsp3) is 0.261. The molecule has 0 aliphatic carbocycles. The van der Waals surface area contributed by atoms with Gasteiger partial charge < -0.3 is 4.90 Å². The molecule has 0 aliphatic heterocycles. The van der Waals surface area contributed by atoms with Crippen molar-refractivity contribution in [1.82, 2.24) is 13.9 Å². The predicted octanol–water partition coefficient (Wildman–Crippen LogP) is 4.89. The van der Waals surface area contributed by atoms with E-state index in [1.165, 1.54) is 11.3 Å². The molecule has 4 rings (SSSR count). The van der Waals surface area contributed by atoms with Crippen LogP contribution in [0.1, 0.15) is 19.4 Å². The van der Waals surface area contributed by atoms with Gasteiger partial charge in [-0.05, 0) is 50.7 Å². The van der Waals surface area contributed by atoms with Crippen molar-refractivity contribution in [2.75, 3.05) is 13.1 Å². The Morgan fingerprint density at radius 2 is 1.73 bits per heavy atom. The number of thiazole rings is 1. The number of hydrogen-bond acceptors (Lipinski definition) is 4. The van der Waals surface area contributed by atoms with Crippen LogP contribution in [0.2, 0.25) is 0 Å². The zero-order valence-corrected chi connectivity index (χ0v) is 18.8. The molecule has 30 heavy (non-hydrogen) atoms. The number of aryl methyl sites for hydroxylation is 1. The minimum Gasteiger partial charge on any atom is -0.342 e. The molecule has 0 saturated heterocycles. The van der Waals surface area contributed by atoms with Gasteiger partial charge in [-0.2, -0.15) is 0 Å². The summed E-state index contributed by atoms with van der Waals surface area (Å²) in [5.74, 6) is -0.0775. The van der Waals surface area contributed by atoms with Gasteiger partial charge >= 0.3 is 0 Å². The Morgan fingerprint density at radius 1 is 1.07 bits per heavy atom. The van der Waals surface area contributed by atoms with E-state index in [4.69, 9.17) is 12.2 Å². The van der Waals surface area contributed by atoms with Crippen LogP contribution in [0.3, 0.4) is 0 Å². The van der Waals surface area contributed by atoms with E-state index in [2.05, 4.69) is 0 Å². The highest BCUT2D eigenvalue weighted by molar-refractivity contribution is 7.73. The number of hydrogen-bond donors (Lipinski definition) is 0. The van der Waals surface area contributed by atoms with Gasteiger partial charge in [0, 0.05) is 13.1 Å². The summed E-state index contributed by atoms with van der Waals surface area (Å²) in [6, 6.07) is 15.6. The summed E-state index contributed by atoms with van der Waals surface area (Å²) in [5.41, 5.74) is 3.41. The van der Waals surface area contributed by atoms with Crippen LogP contribution < -0.4 is 5.56 Å². The number of fused-ring (bicyclic) bond motifs is 3. The largest absolute Gasteiger partial charge is 0.342 e. The summed E-state index contributed by atoms with van der Waals surface area (Å²) in [5, 5.41) is 0.557. The van der Waals surface area contributed by atoms with Crippen molar-refractivity contribution in [2.24, 2.45) is 0 Å². The quantitative estimate of drug-likeness (QED) is 0.418. The number of amides is 1. The van der Waals surface area contributed by atoms with Crippen LogP contribution in [-0.4, -0.2) is 32.9 Å². The second kappa shape index (κ2) is 8.16.